The third-order valence-electron chi connectivity index (χ3n) is 13.3. The molecule has 2 aliphatic rings. The van der Waals surface area contributed by atoms with Gasteiger partial charge in [-0.25, -0.2) is 0 Å². The number of fused-ring (bicyclic) bond motifs is 2. The zero-order chi connectivity index (χ0) is 39.0. The van der Waals surface area contributed by atoms with Crippen molar-refractivity contribution in [1.82, 2.24) is 4.90 Å². The van der Waals surface area contributed by atoms with E-state index in [1.807, 2.05) is 14.1 Å². The molecule has 0 aromatic rings. The highest BCUT2D eigenvalue weighted by atomic mass is 16.5. The Hall–Kier alpha value is -1.63. The second-order valence-electron chi connectivity index (χ2n) is 18.1. The van der Waals surface area contributed by atoms with Crippen LogP contribution in [0.15, 0.2) is 0 Å². The Bertz CT molecular complexity index is 987. The monoisotopic (exact) mass is 748 g/mol. The van der Waals surface area contributed by atoms with Gasteiger partial charge >= 0.3 is 17.9 Å². The summed E-state index contributed by atoms with van der Waals surface area (Å²) in [5, 5.41) is 0. The first kappa shape index (κ1) is 47.5. The summed E-state index contributed by atoms with van der Waals surface area (Å²) in [6.45, 7) is 13.0. The molecule has 7 nitrogen and oxygen atoms in total. The Morgan fingerprint density at radius 3 is 1.70 bits per heavy atom. The molecule has 310 valence electrons. The van der Waals surface area contributed by atoms with E-state index in [1.165, 1.54) is 64.2 Å². The molecule has 4 atom stereocenters. The Balaban J connectivity index is 1.59. The van der Waals surface area contributed by atoms with Crippen molar-refractivity contribution in [3.05, 3.63) is 0 Å². The van der Waals surface area contributed by atoms with E-state index in [4.69, 9.17) is 14.2 Å². The molecule has 0 heterocycles. The third kappa shape index (κ3) is 18.7. The summed E-state index contributed by atoms with van der Waals surface area (Å²) in [6, 6.07) is 0. The predicted octanol–water partition coefficient (Wildman–Crippen LogP) is 12.2. The van der Waals surface area contributed by atoms with Crippen LogP contribution in [0.5, 0.6) is 0 Å². The molecule has 0 aromatic heterocycles. The van der Waals surface area contributed by atoms with Gasteiger partial charge in [-0.15, -0.1) is 0 Å². The Labute approximate surface area is 327 Å². The fraction of sp³-hybridized carbons (Fsp3) is 0.935. The van der Waals surface area contributed by atoms with Crippen LogP contribution in [0, 0.1) is 22.7 Å². The Kier molecular flexibility index (Phi) is 24.3. The molecule has 0 saturated heterocycles. The Morgan fingerprint density at radius 2 is 1.17 bits per heavy atom. The summed E-state index contributed by atoms with van der Waals surface area (Å²) in [7, 11) is 4.06. The van der Waals surface area contributed by atoms with E-state index in [9.17, 15) is 14.4 Å². The van der Waals surface area contributed by atoms with Gasteiger partial charge in [0.1, 0.15) is 12.2 Å². The molecule has 2 saturated carbocycles. The fourth-order valence-corrected chi connectivity index (χ4v) is 9.13. The highest BCUT2D eigenvalue weighted by Gasteiger charge is 2.62. The van der Waals surface area contributed by atoms with Crippen LogP contribution in [0.25, 0.3) is 0 Å². The number of hydrogen-bond acceptors (Lipinski definition) is 7. The quantitative estimate of drug-likeness (QED) is 0.0375. The van der Waals surface area contributed by atoms with Gasteiger partial charge in [-0.2, -0.15) is 0 Å². The van der Waals surface area contributed by atoms with Gasteiger partial charge in [0.25, 0.3) is 0 Å². The minimum absolute atomic E-state index is 0.0181. The number of esters is 3. The maximum Gasteiger partial charge on any atom is 0.306 e. The average Bonchev–Trinajstić information content (AvgIpc) is 3.44. The van der Waals surface area contributed by atoms with Gasteiger partial charge in [-0.1, -0.05) is 125 Å². The highest BCUT2D eigenvalue weighted by molar-refractivity contribution is 5.70. The molecule has 2 unspecified atom stereocenters. The first-order valence-corrected chi connectivity index (χ1v) is 22.6. The molecular formula is C46H85NO6. The smallest absolute Gasteiger partial charge is 0.306 e. The van der Waals surface area contributed by atoms with Gasteiger partial charge in [0.15, 0.2) is 0 Å². The molecule has 0 N–H and O–H groups in total. The van der Waals surface area contributed by atoms with Crippen LogP contribution in [-0.2, 0) is 28.6 Å². The number of rotatable bonds is 33. The van der Waals surface area contributed by atoms with Crippen molar-refractivity contribution in [2.75, 3.05) is 27.2 Å². The molecule has 0 amide bonds. The third-order valence-corrected chi connectivity index (χ3v) is 13.3. The molecule has 0 radical (unpaired) electrons. The van der Waals surface area contributed by atoms with Crippen LogP contribution >= 0.6 is 0 Å². The predicted molar refractivity (Wildman–Crippen MR) is 219 cm³/mol. The molecular weight excluding hydrogens is 663 g/mol. The molecule has 53 heavy (non-hydrogen) atoms. The van der Waals surface area contributed by atoms with Gasteiger partial charge in [0, 0.05) is 24.7 Å². The largest absolute Gasteiger partial charge is 0.466 e. The lowest BCUT2D eigenvalue weighted by Gasteiger charge is -2.38. The Morgan fingerprint density at radius 1 is 0.642 bits per heavy atom. The lowest BCUT2D eigenvalue weighted by atomic mass is 9.70. The van der Waals surface area contributed by atoms with Crippen LogP contribution in [0.4, 0.5) is 0 Å². The van der Waals surface area contributed by atoms with E-state index in [-0.39, 0.29) is 40.9 Å². The van der Waals surface area contributed by atoms with E-state index in [2.05, 4.69) is 39.5 Å². The van der Waals surface area contributed by atoms with Crippen LogP contribution < -0.4 is 0 Å². The topological polar surface area (TPSA) is 82.1 Å². The molecule has 0 aromatic carbocycles. The van der Waals surface area contributed by atoms with Crippen molar-refractivity contribution in [2.24, 2.45) is 22.7 Å². The van der Waals surface area contributed by atoms with Crippen LogP contribution in [0.2, 0.25) is 0 Å². The lowest BCUT2D eigenvalue weighted by Crippen LogP contribution is -2.38. The van der Waals surface area contributed by atoms with Crippen molar-refractivity contribution in [3.63, 3.8) is 0 Å². The summed E-state index contributed by atoms with van der Waals surface area (Å²) >= 11 is 0. The standard InChI is InChI=1S/C46H85NO6/c1-8-10-18-25-38(26-19-11-9-2)33-36-51-42(48)29-22-16-12-14-20-27-40(52-43(49)31-24-35-47(6)7)28-21-15-13-17-23-30-44(50)53-41-37-39-32-34-46(41,5)45(39,3)4/h38-41H,8-37H2,1-7H3/t39?,40?,41-,46-/m0/s1. The van der Waals surface area contributed by atoms with Crippen molar-refractivity contribution < 1.29 is 28.6 Å². The highest BCUT2D eigenvalue weighted by Crippen LogP contribution is 2.66. The van der Waals surface area contributed by atoms with Crippen molar-refractivity contribution >= 4 is 17.9 Å². The van der Waals surface area contributed by atoms with E-state index in [0.29, 0.717) is 37.7 Å². The van der Waals surface area contributed by atoms with E-state index < -0.39 is 0 Å². The van der Waals surface area contributed by atoms with Crippen LogP contribution in [-0.4, -0.2) is 62.3 Å². The number of carbonyl (C=O) groups excluding carboxylic acids is 3. The van der Waals surface area contributed by atoms with Crippen LogP contribution in [0.3, 0.4) is 0 Å². The zero-order valence-corrected chi connectivity index (χ0v) is 35.9. The number of nitrogens with zero attached hydrogens (tertiary/aromatic N) is 1. The SMILES string of the molecule is CCCCCC(CCCCC)CCOC(=O)CCCCCCCC(CCCCCCCC(=O)O[C@H]1CC2CC[C@]1(C)C2(C)C)OC(=O)CCCN(C)C. The van der Waals surface area contributed by atoms with Crippen molar-refractivity contribution in [1.29, 1.82) is 0 Å². The zero-order valence-electron chi connectivity index (χ0n) is 35.9. The minimum atomic E-state index is -0.0742. The molecule has 2 rings (SSSR count). The first-order valence-electron chi connectivity index (χ1n) is 22.6. The average molecular weight is 748 g/mol. The van der Waals surface area contributed by atoms with E-state index in [0.717, 1.165) is 103 Å². The maximum absolute atomic E-state index is 12.7. The molecule has 2 bridgehead atoms. The summed E-state index contributed by atoms with van der Waals surface area (Å²) in [6.07, 6.45) is 29.2. The van der Waals surface area contributed by atoms with Gasteiger partial charge in [0.2, 0.25) is 0 Å². The van der Waals surface area contributed by atoms with Gasteiger partial charge < -0.3 is 19.1 Å². The second kappa shape index (κ2) is 27.0. The molecule has 2 fully saturated rings. The normalized spacial score (nSPS) is 21.0. The second-order valence-corrected chi connectivity index (χ2v) is 18.1. The van der Waals surface area contributed by atoms with Crippen LogP contribution in [0.1, 0.15) is 214 Å². The molecule has 2 aliphatic carbocycles. The minimum Gasteiger partial charge on any atom is -0.466 e. The van der Waals surface area contributed by atoms with Crippen molar-refractivity contribution in [3.8, 4) is 0 Å². The summed E-state index contributed by atoms with van der Waals surface area (Å²) in [4.78, 5) is 39.8. The van der Waals surface area contributed by atoms with Gasteiger partial charge in [0.05, 0.1) is 6.61 Å². The van der Waals surface area contributed by atoms with E-state index >= 15 is 0 Å². The summed E-state index contributed by atoms with van der Waals surface area (Å²) in [5.41, 5.74) is 0.387. The number of carbonyl (C=O) groups is 3. The summed E-state index contributed by atoms with van der Waals surface area (Å²) < 4.78 is 17.7. The summed E-state index contributed by atoms with van der Waals surface area (Å²) in [5.74, 6) is 1.24. The molecule has 7 heteroatoms. The van der Waals surface area contributed by atoms with Gasteiger partial charge in [-0.3, -0.25) is 14.4 Å². The molecule has 0 spiro atoms. The van der Waals surface area contributed by atoms with Crippen molar-refractivity contribution in [2.45, 2.75) is 227 Å². The maximum atomic E-state index is 12.7. The fourth-order valence-electron chi connectivity index (χ4n) is 9.13. The number of ether oxygens (including phenoxy) is 3. The van der Waals surface area contributed by atoms with E-state index in [1.54, 1.807) is 0 Å². The van der Waals surface area contributed by atoms with Gasteiger partial charge in [-0.05, 0) is 109 Å². The molecule has 0 aliphatic heterocycles. The lowest BCUT2D eigenvalue weighted by molar-refractivity contribution is -0.157. The number of hydrogen-bond donors (Lipinski definition) is 0. The number of unbranched alkanes of at least 4 members (excludes halogenated alkanes) is 12. The first-order chi connectivity index (χ1) is 25.4.